The number of para-hydroxylation sites is 1. The molecule has 25 heavy (non-hydrogen) atoms. The van der Waals surface area contributed by atoms with Crippen LogP contribution in [0.25, 0.3) is 5.52 Å². The second-order valence-electron chi connectivity index (χ2n) is 5.92. The van der Waals surface area contributed by atoms with Crippen molar-refractivity contribution in [2.24, 2.45) is 0 Å². The molecule has 0 unspecified atom stereocenters. The number of halogens is 1. The highest BCUT2D eigenvalue weighted by Gasteiger charge is 2.27. The fourth-order valence-corrected chi connectivity index (χ4v) is 2.77. The van der Waals surface area contributed by atoms with Crippen LogP contribution in [-0.2, 0) is 0 Å². The van der Waals surface area contributed by atoms with Gasteiger partial charge in [0, 0.05) is 12.2 Å². The molecular weight excluding hydrogens is 340 g/mol. The maximum atomic E-state index is 12.7. The van der Waals surface area contributed by atoms with E-state index in [0.29, 0.717) is 16.2 Å². The number of nitrogens with zero attached hydrogens (tertiary/aromatic N) is 2. The van der Waals surface area contributed by atoms with Crippen LogP contribution in [0.15, 0.2) is 48.7 Å². The fraction of sp³-hybridized carbons (Fsp3) is 0.167. The summed E-state index contributed by atoms with van der Waals surface area (Å²) in [6.45, 7) is 0. The Hall–Kier alpha value is -2.86. The molecule has 1 saturated carbocycles. The molecule has 2 aromatic heterocycles. The van der Waals surface area contributed by atoms with Crippen LogP contribution in [-0.4, -0.2) is 27.2 Å². The number of carbonyl (C=O) groups is 2. The molecule has 0 spiro atoms. The standard InChI is InChI=1S/C18H15ClN4O2/c19-12-5-1-2-6-13(12)21-18(25)16-22-15(17(24)20-11-8-9-11)14-7-3-4-10-23(14)16/h1-7,10-11H,8-9H2,(H,20,24)(H,21,25). The molecule has 0 saturated heterocycles. The number of hydrogen-bond acceptors (Lipinski definition) is 3. The monoisotopic (exact) mass is 354 g/mol. The quantitative estimate of drug-likeness (QED) is 0.755. The molecule has 0 aliphatic heterocycles. The Kier molecular flexibility index (Phi) is 3.89. The molecule has 0 bridgehead atoms. The summed E-state index contributed by atoms with van der Waals surface area (Å²) in [7, 11) is 0. The van der Waals surface area contributed by atoms with Gasteiger partial charge in [0.15, 0.2) is 5.69 Å². The van der Waals surface area contributed by atoms with E-state index in [0.717, 1.165) is 12.8 Å². The van der Waals surface area contributed by atoms with Crippen LogP contribution in [0.1, 0.15) is 33.9 Å². The highest BCUT2D eigenvalue weighted by molar-refractivity contribution is 6.33. The number of carbonyl (C=O) groups excluding carboxylic acids is 2. The SMILES string of the molecule is O=C(NC1CC1)c1nc(C(=O)Nc2ccccc2Cl)n2ccccc12. The molecule has 1 aromatic carbocycles. The Labute approximate surface area is 148 Å². The van der Waals surface area contributed by atoms with Crippen molar-refractivity contribution in [3.05, 3.63) is 65.2 Å². The van der Waals surface area contributed by atoms with Crippen LogP contribution >= 0.6 is 11.6 Å². The van der Waals surface area contributed by atoms with Crippen LogP contribution in [0.3, 0.4) is 0 Å². The molecule has 7 heteroatoms. The molecule has 1 aliphatic carbocycles. The van der Waals surface area contributed by atoms with Crippen LogP contribution in [0.2, 0.25) is 5.02 Å². The smallest absolute Gasteiger partial charge is 0.292 e. The highest BCUT2D eigenvalue weighted by atomic mass is 35.5. The van der Waals surface area contributed by atoms with Crippen molar-refractivity contribution < 1.29 is 9.59 Å². The molecule has 1 fully saturated rings. The van der Waals surface area contributed by atoms with Gasteiger partial charge in [-0.25, -0.2) is 4.98 Å². The van der Waals surface area contributed by atoms with Gasteiger partial charge >= 0.3 is 0 Å². The molecule has 3 aromatic rings. The molecule has 0 radical (unpaired) electrons. The van der Waals surface area contributed by atoms with E-state index in [4.69, 9.17) is 11.6 Å². The Balaban J connectivity index is 1.70. The minimum absolute atomic E-state index is 0.136. The van der Waals surface area contributed by atoms with Gasteiger partial charge in [-0.3, -0.25) is 14.0 Å². The van der Waals surface area contributed by atoms with Crippen molar-refractivity contribution in [2.45, 2.75) is 18.9 Å². The summed E-state index contributed by atoms with van der Waals surface area (Å²) in [5, 5.41) is 6.08. The van der Waals surface area contributed by atoms with Gasteiger partial charge in [-0.05, 0) is 37.1 Å². The molecule has 126 valence electrons. The third-order valence-corrected chi connectivity index (χ3v) is 4.33. The molecular formula is C18H15ClN4O2. The maximum absolute atomic E-state index is 12.7. The average molecular weight is 355 g/mol. The van der Waals surface area contributed by atoms with Crippen molar-refractivity contribution >= 4 is 34.6 Å². The lowest BCUT2D eigenvalue weighted by molar-refractivity contribution is 0.0948. The van der Waals surface area contributed by atoms with Crippen molar-refractivity contribution in [1.82, 2.24) is 14.7 Å². The zero-order valence-corrected chi connectivity index (χ0v) is 14.0. The average Bonchev–Trinajstić information content (AvgIpc) is 3.33. The summed E-state index contributed by atoms with van der Waals surface area (Å²) in [5.74, 6) is -0.556. The van der Waals surface area contributed by atoms with Gasteiger partial charge in [-0.15, -0.1) is 0 Å². The van der Waals surface area contributed by atoms with Crippen LogP contribution < -0.4 is 10.6 Å². The summed E-state index contributed by atoms with van der Waals surface area (Å²) in [5.41, 5.74) is 1.33. The number of hydrogen-bond donors (Lipinski definition) is 2. The van der Waals surface area contributed by atoms with Gasteiger partial charge in [0.2, 0.25) is 5.82 Å². The van der Waals surface area contributed by atoms with E-state index in [1.165, 1.54) is 0 Å². The van der Waals surface area contributed by atoms with E-state index < -0.39 is 5.91 Å². The van der Waals surface area contributed by atoms with E-state index in [9.17, 15) is 9.59 Å². The van der Waals surface area contributed by atoms with Crippen LogP contribution in [0.5, 0.6) is 0 Å². The number of pyridine rings is 1. The Morgan fingerprint density at radius 2 is 1.84 bits per heavy atom. The summed E-state index contributed by atoms with van der Waals surface area (Å²) >= 11 is 6.09. The summed E-state index contributed by atoms with van der Waals surface area (Å²) in [6.07, 6.45) is 3.67. The number of imidazole rings is 1. The molecule has 2 heterocycles. The number of nitrogens with one attached hydrogen (secondary N) is 2. The summed E-state index contributed by atoms with van der Waals surface area (Å²) < 4.78 is 1.61. The first-order chi connectivity index (χ1) is 12.1. The first-order valence-electron chi connectivity index (χ1n) is 7.97. The molecule has 2 amide bonds. The highest BCUT2D eigenvalue weighted by Crippen LogP contribution is 2.23. The molecule has 2 N–H and O–H groups in total. The van der Waals surface area contributed by atoms with Gasteiger partial charge in [-0.1, -0.05) is 29.8 Å². The molecule has 4 rings (SSSR count). The number of aromatic nitrogens is 2. The second kappa shape index (κ2) is 6.22. The lowest BCUT2D eigenvalue weighted by atomic mass is 10.3. The van der Waals surface area contributed by atoms with Crippen molar-refractivity contribution in [3.8, 4) is 0 Å². The topological polar surface area (TPSA) is 75.5 Å². The van der Waals surface area contributed by atoms with Gasteiger partial charge in [0.05, 0.1) is 16.2 Å². The Morgan fingerprint density at radius 3 is 2.60 bits per heavy atom. The van der Waals surface area contributed by atoms with Crippen LogP contribution in [0, 0.1) is 0 Å². The predicted molar refractivity (Wildman–Crippen MR) is 95.1 cm³/mol. The van der Waals surface area contributed by atoms with Crippen LogP contribution in [0.4, 0.5) is 5.69 Å². The first kappa shape index (κ1) is 15.7. The Morgan fingerprint density at radius 1 is 1.08 bits per heavy atom. The molecule has 0 atom stereocenters. The van der Waals surface area contributed by atoms with Crippen molar-refractivity contribution in [3.63, 3.8) is 0 Å². The number of fused-ring (bicyclic) bond motifs is 1. The van der Waals surface area contributed by atoms with Crippen molar-refractivity contribution in [2.75, 3.05) is 5.32 Å². The lowest BCUT2D eigenvalue weighted by Crippen LogP contribution is -2.26. The molecule has 1 aliphatic rings. The number of rotatable bonds is 4. The van der Waals surface area contributed by atoms with E-state index in [1.54, 1.807) is 53.1 Å². The maximum Gasteiger partial charge on any atom is 0.292 e. The minimum atomic E-state index is -0.431. The molecule has 6 nitrogen and oxygen atoms in total. The first-order valence-corrected chi connectivity index (χ1v) is 8.35. The predicted octanol–water partition coefficient (Wildman–Crippen LogP) is 3.13. The van der Waals surface area contributed by atoms with E-state index in [-0.39, 0.29) is 23.5 Å². The van der Waals surface area contributed by atoms with Gasteiger partial charge < -0.3 is 10.6 Å². The van der Waals surface area contributed by atoms with E-state index in [2.05, 4.69) is 15.6 Å². The third-order valence-electron chi connectivity index (χ3n) is 4.00. The second-order valence-corrected chi connectivity index (χ2v) is 6.33. The zero-order valence-electron chi connectivity index (χ0n) is 13.2. The van der Waals surface area contributed by atoms with E-state index in [1.807, 2.05) is 0 Å². The van der Waals surface area contributed by atoms with Crippen molar-refractivity contribution in [1.29, 1.82) is 0 Å². The third kappa shape index (κ3) is 3.08. The van der Waals surface area contributed by atoms with Gasteiger partial charge in [0.25, 0.3) is 11.8 Å². The van der Waals surface area contributed by atoms with E-state index >= 15 is 0 Å². The van der Waals surface area contributed by atoms with Gasteiger partial charge in [0.1, 0.15) is 0 Å². The summed E-state index contributed by atoms with van der Waals surface area (Å²) in [4.78, 5) is 29.4. The number of amides is 2. The van der Waals surface area contributed by atoms with Gasteiger partial charge in [-0.2, -0.15) is 0 Å². The Bertz CT molecular complexity index is 978. The largest absolute Gasteiger partial charge is 0.348 e. The zero-order chi connectivity index (χ0) is 17.4. The fourth-order valence-electron chi connectivity index (χ4n) is 2.59. The lowest BCUT2D eigenvalue weighted by Gasteiger charge is -2.06. The number of anilines is 1. The number of benzene rings is 1. The summed E-state index contributed by atoms with van der Waals surface area (Å²) in [6, 6.07) is 12.5. The minimum Gasteiger partial charge on any atom is -0.348 e. The normalized spacial score (nSPS) is 13.6.